The van der Waals surface area contributed by atoms with E-state index >= 15 is 0 Å². The summed E-state index contributed by atoms with van der Waals surface area (Å²) < 4.78 is 0. The van der Waals surface area contributed by atoms with Crippen LogP contribution in [0.1, 0.15) is 18.3 Å². The molecule has 0 amide bonds. The van der Waals surface area contributed by atoms with Crippen molar-refractivity contribution in [2.24, 2.45) is 0 Å². The highest BCUT2D eigenvalue weighted by atomic mass is 28.3. The highest BCUT2D eigenvalue weighted by Crippen LogP contribution is 2.26. The van der Waals surface area contributed by atoms with Gasteiger partial charge in [0.2, 0.25) is 0 Å². The smallest absolute Gasteiger partial charge is 0.179 e. The Balaban J connectivity index is 1.17. The third kappa shape index (κ3) is 7.99. The van der Waals surface area contributed by atoms with E-state index in [2.05, 4.69) is 251 Å². The van der Waals surface area contributed by atoms with Crippen molar-refractivity contribution in [3.8, 4) is 22.8 Å². The van der Waals surface area contributed by atoms with Crippen molar-refractivity contribution < 1.29 is 0 Å². The van der Waals surface area contributed by atoms with Crippen LogP contribution in [-0.2, 0) is 0 Å². The maximum absolute atomic E-state index is 5.22. The summed E-state index contributed by atoms with van der Waals surface area (Å²) in [6, 6.07) is 83.0. The van der Waals surface area contributed by atoms with Crippen molar-refractivity contribution in [3.63, 3.8) is 0 Å². The molecule has 8 aromatic carbocycles. The van der Waals surface area contributed by atoms with Gasteiger partial charge in [0.05, 0.1) is 0 Å². The van der Waals surface area contributed by atoms with Gasteiger partial charge >= 0.3 is 0 Å². The minimum absolute atomic E-state index is 0.534. The second-order valence-electron chi connectivity index (χ2n) is 16.1. The van der Waals surface area contributed by atoms with Gasteiger partial charge in [-0.1, -0.05) is 261 Å². The molecule has 0 atom stereocenters. The van der Waals surface area contributed by atoms with Crippen LogP contribution in [0.3, 0.4) is 0 Å². The first kappa shape index (κ1) is 41.8. The maximum atomic E-state index is 5.22. The predicted molar refractivity (Wildman–Crippen MR) is 275 cm³/mol. The van der Waals surface area contributed by atoms with Gasteiger partial charge in [0, 0.05) is 16.7 Å². The fourth-order valence-corrected chi connectivity index (χ4v) is 18.9. The molecule has 64 heavy (non-hydrogen) atoms. The van der Waals surface area contributed by atoms with Crippen molar-refractivity contribution in [2.45, 2.75) is 13.8 Å². The van der Waals surface area contributed by atoms with Crippen LogP contribution in [0, 0.1) is 6.92 Å². The predicted octanol–water partition coefficient (Wildman–Crippen LogP) is 9.12. The SMILES string of the molecule is C=C(/C=C\C=C(/C)[Si](c1ccccc1)(c1ccccc1)c1ccccc1)c1nc(-c2cccc([Si](c3ccccc3)(c3ccccc3)c3ccccc3)c2)nc(-c2ccccc2C)n1. The van der Waals surface area contributed by atoms with E-state index in [1.807, 2.05) is 18.2 Å². The molecule has 0 fully saturated rings. The third-order valence-electron chi connectivity index (χ3n) is 12.3. The molecule has 0 saturated carbocycles. The molecule has 0 aliphatic rings. The van der Waals surface area contributed by atoms with Crippen LogP contribution < -0.4 is 36.3 Å². The number of hydrogen-bond acceptors (Lipinski definition) is 3. The number of rotatable bonds is 13. The Kier molecular flexibility index (Phi) is 12.3. The van der Waals surface area contributed by atoms with E-state index < -0.39 is 16.1 Å². The molecule has 5 heteroatoms. The molecule has 1 heterocycles. The lowest BCUT2D eigenvalue weighted by Crippen LogP contribution is -2.74. The number of hydrogen-bond donors (Lipinski definition) is 0. The average molecular weight is 856 g/mol. The van der Waals surface area contributed by atoms with Crippen molar-refractivity contribution in [2.75, 3.05) is 0 Å². The lowest BCUT2D eigenvalue weighted by molar-refractivity contribution is 1.04. The topological polar surface area (TPSA) is 38.7 Å². The molecule has 0 N–H and O–H groups in total. The molecule has 0 radical (unpaired) electrons. The van der Waals surface area contributed by atoms with Crippen molar-refractivity contribution in [1.82, 2.24) is 15.0 Å². The summed E-state index contributed by atoms with van der Waals surface area (Å²) in [5, 5.41) is 10.5. The molecule has 0 aliphatic heterocycles. The van der Waals surface area contributed by atoms with Gasteiger partial charge in [0.1, 0.15) is 0 Å². The highest BCUT2D eigenvalue weighted by molar-refractivity contribution is 7.20. The molecular weight excluding hydrogens is 807 g/mol. The van der Waals surface area contributed by atoms with E-state index in [1.54, 1.807) is 0 Å². The van der Waals surface area contributed by atoms with Gasteiger partial charge < -0.3 is 0 Å². The zero-order valence-corrected chi connectivity index (χ0v) is 38.2. The number of benzene rings is 8. The van der Waals surface area contributed by atoms with Crippen molar-refractivity contribution in [1.29, 1.82) is 0 Å². The van der Waals surface area contributed by atoms with Crippen molar-refractivity contribution in [3.05, 3.63) is 272 Å². The molecule has 0 spiro atoms. The zero-order chi connectivity index (χ0) is 43.8. The minimum Gasteiger partial charge on any atom is -0.208 e. The normalized spacial score (nSPS) is 12.0. The van der Waals surface area contributed by atoms with Gasteiger partial charge in [-0.15, -0.1) is 0 Å². The second-order valence-corrected chi connectivity index (χ2v) is 24.0. The molecule has 9 rings (SSSR count). The standard InChI is InChI=1S/C59H49N3Si2/c1-45-26-22-23-43-56(45)59-61-57(46(2)27-24-28-47(3)63(49-30-10-4-11-31-49,50-32-12-5-13-33-50)51-34-14-6-15-35-51)60-58(62-59)48-29-25-42-55(44-48)64(52-36-16-7-17-37-52,53-38-18-8-19-39-53)54-40-20-9-21-41-54/h4-44H,2H2,1,3H3/b27-24-,47-28+. The van der Waals surface area contributed by atoms with Crippen molar-refractivity contribution >= 4 is 58.0 Å². The lowest BCUT2D eigenvalue weighted by atomic mass is 10.1. The van der Waals surface area contributed by atoms with Crippen LogP contribution in [0.2, 0.25) is 0 Å². The summed E-state index contributed by atoms with van der Waals surface area (Å²) >= 11 is 0. The Morgan fingerprint density at radius 3 is 1.31 bits per heavy atom. The van der Waals surface area contributed by atoms with Gasteiger partial charge in [-0.2, -0.15) is 0 Å². The van der Waals surface area contributed by atoms with E-state index in [0.717, 1.165) is 16.7 Å². The van der Waals surface area contributed by atoms with Gasteiger partial charge in [0.15, 0.2) is 33.6 Å². The minimum atomic E-state index is -2.81. The number of allylic oxidation sites excluding steroid dienone is 5. The van der Waals surface area contributed by atoms with E-state index in [4.69, 9.17) is 15.0 Å². The van der Waals surface area contributed by atoms with E-state index in [0.29, 0.717) is 23.0 Å². The van der Waals surface area contributed by atoms with Crippen LogP contribution >= 0.6 is 0 Å². The van der Waals surface area contributed by atoms with E-state index in [1.165, 1.54) is 41.5 Å². The molecule has 0 aliphatic carbocycles. The van der Waals surface area contributed by atoms with E-state index in [-0.39, 0.29) is 0 Å². The second kappa shape index (κ2) is 18.8. The van der Waals surface area contributed by atoms with Crippen LogP contribution in [0.5, 0.6) is 0 Å². The molecule has 1 aromatic heterocycles. The molecule has 3 nitrogen and oxygen atoms in total. The van der Waals surface area contributed by atoms with Gasteiger partial charge in [-0.25, -0.2) is 15.0 Å². The Hall–Kier alpha value is -7.58. The summed E-state index contributed by atoms with van der Waals surface area (Å²) in [4.78, 5) is 15.6. The Morgan fingerprint density at radius 1 is 0.438 bits per heavy atom. The first-order chi connectivity index (χ1) is 31.5. The summed E-state index contributed by atoms with van der Waals surface area (Å²) in [6.07, 6.45) is 6.42. The van der Waals surface area contributed by atoms with E-state index in [9.17, 15) is 0 Å². The quantitative estimate of drug-likeness (QED) is 0.0661. The molecule has 0 saturated heterocycles. The largest absolute Gasteiger partial charge is 0.208 e. The first-order valence-electron chi connectivity index (χ1n) is 21.8. The van der Waals surface area contributed by atoms with Gasteiger partial charge in [0.25, 0.3) is 0 Å². The Morgan fingerprint density at radius 2 is 0.844 bits per heavy atom. The number of aryl methyl sites for hydroxylation is 1. The summed E-state index contributed by atoms with van der Waals surface area (Å²) in [5.74, 6) is 1.75. The van der Waals surface area contributed by atoms with Crippen LogP contribution in [0.25, 0.3) is 28.3 Å². The molecule has 308 valence electrons. The lowest BCUT2D eigenvalue weighted by Gasteiger charge is -2.34. The molecular formula is C59H49N3Si2. The Bertz CT molecular complexity index is 2870. The summed E-state index contributed by atoms with van der Waals surface area (Å²) in [5.41, 5.74) is 3.67. The Labute approximate surface area is 379 Å². The number of aromatic nitrogens is 3. The zero-order valence-electron chi connectivity index (χ0n) is 36.2. The van der Waals surface area contributed by atoms with Gasteiger partial charge in [-0.3, -0.25) is 0 Å². The summed E-state index contributed by atoms with van der Waals surface area (Å²) in [6.45, 7) is 8.95. The highest BCUT2D eigenvalue weighted by Gasteiger charge is 2.42. The average Bonchev–Trinajstić information content (AvgIpc) is 3.36. The molecule has 9 aromatic rings. The first-order valence-corrected chi connectivity index (χ1v) is 25.8. The van der Waals surface area contributed by atoms with Crippen LogP contribution in [0.4, 0.5) is 0 Å². The fraction of sp³-hybridized carbons (Fsp3) is 0.0339. The third-order valence-corrected chi connectivity index (χ3v) is 22.1. The number of nitrogens with zero attached hydrogens (tertiary/aromatic N) is 3. The monoisotopic (exact) mass is 855 g/mol. The maximum Gasteiger partial charge on any atom is 0.179 e. The van der Waals surface area contributed by atoms with Gasteiger partial charge in [-0.05, 0) is 55.7 Å². The van der Waals surface area contributed by atoms with Crippen LogP contribution in [0.15, 0.2) is 261 Å². The fourth-order valence-electron chi connectivity index (χ4n) is 9.30. The molecule has 0 bridgehead atoms. The van der Waals surface area contributed by atoms with Crippen LogP contribution in [-0.4, -0.2) is 31.1 Å². The molecule has 0 unspecified atom stereocenters. The summed E-state index contributed by atoms with van der Waals surface area (Å²) in [7, 11) is -5.45.